The molecule has 0 spiro atoms. The van der Waals surface area contributed by atoms with E-state index in [1.54, 1.807) is 12.1 Å². The number of nitrogens with one attached hydrogen (secondary N) is 1. The normalized spacial score (nSPS) is 20.2. The molecule has 132 valence electrons. The van der Waals surface area contributed by atoms with Gasteiger partial charge in [-0.1, -0.05) is 24.1 Å². The van der Waals surface area contributed by atoms with Crippen molar-refractivity contribution in [3.63, 3.8) is 0 Å². The molecule has 0 radical (unpaired) electrons. The summed E-state index contributed by atoms with van der Waals surface area (Å²) in [7, 11) is 0. The lowest BCUT2D eigenvalue weighted by atomic mass is 10.2. The molecule has 2 aliphatic rings. The van der Waals surface area contributed by atoms with Crippen LogP contribution < -0.4 is 5.32 Å². The van der Waals surface area contributed by atoms with Gasteiger partial charge in [-0.05, 0) is 43.9 Å². The lowest BCUT2D eigenvalue weighted by Crippen LogP contribution is -2.35. The van der Waals surface area contributed by atoms with Crippen LogP contribution in [0.4, 0.5) is 10.5 Å². The lowest BCUT2D eigenvalue weighted by Gasteiger charge is -2.25. The number of hydrogen-bond acceptors (Lipinski definition) is 3. The molecule has 1 fully saturated rings. The molecular weight excluding hydrogens is 338 g/mol. The number of benzene rings is 1. The van der Waals surface area contributed by atoms with E-state index in [2.05, 4.69) is 20.1 Å². The van der Waals surface area contributed by atoms with E-state index >= 15 is 0 Å². The van der Waals surface area contributed by atoms with Crippen molar-refractivity contribution in [1.29, 1.82) is 0 Å². The van der Waals surface area contributed by atoms with Crippen molar-refractivity contribution in [2.45, 2.75) is 51.1 Å². The summed E-state index contributed by atoms with van der Waals surface area (Å²) < 4.78 is 2.24. The molecule has 6 nitrogen and oxygen atoms in total. The molecule has 7 heteroatoms. The molecule has 1 aromatic carbocycles. The first kappa shape index (κ1) is 16.4. The van der Waals surface area contributed by atoms with Gasteiger partial charge in [0, 0.05) is 30.2 Å². The Morgan fingerprint density at radius 2 is 2.08 bits per heavy atom. The maximum Gasteiger partial charge on any atom is 0.322 e. The maximum absolute atomic E-state index is 12.8. The van der Waals surface area contributed by atoms with E-state index in [0.29, 0.717) is 10.7 Å². The summed E-state index contributed by atoms with van der Waals surface area (Å²) >= 11 is 6.01. The third-order valence-corrected chi connectivity index (χ3v) is 5.26. The molecule has 2 aliphatic heterocycles. The zero-order valence-electron chi connectivity index (χ0n) is 14.1. The predicted molar refractivity (Wildman–Crippen MR) is 96.7 cm³/mol. The first-order valence-electron chi connectivity index (χ1n) is 8.97. The summed E-state index contributed by atoms with van der Waals surface area (Å²) in [6.07, 6.45) is 6.44. The fourth-order valence-electron chi connectivity index (χ4n) is 3.79. The number of nitrogens with zero attached hydrogens (tertiary/aromatic N) is 4. The Kier molecular flexibility index (Phi) is 4.61. The number of carbonyl (C=O) groups excluding carboxylic acids is 1. The van der Waals surface area contributed by atoms with Crippen molar-refractivity contribution >= 4 is 23.3 Å². The van der Waals surface area contributed by atoms with E-state index in [4.69, 9.17) is 11.6 Å². The van der Waals surface area contributed by atoms with Crippen LogP contribution >= 0.6 is 11.6 Å². The average molecular weight is 360 g/mol. The van der Waals surface area contributed by atoms with Crippen LogP contribution in [0.25, 0.3) is 0 Å². The number of hydrogen-bond donors (Lipinski definition) is 1. The molecule has 2 aromatic rings. The molecule has 4 rings (SSSR count). The standard InChI is InChI=1S/C18H22ClN5O/c19-13-6-4-7-14(12-13)20-18(25)23-11-5-8-15(23)17-22-21-16-9-2-1-3-10-24(16)17/h4,6-7,12,15H,1-3,5,8-11H2,(H,20,25). The molecule has 1 atom stereocenters. The quantitative estimate of drug-likeness (QED) is 0.880. The molecule has 1 unspecified atom stereocenters. The van der Waals surface area contributed by atoms with Gasteiger partial charge in [0.15, 0.2) is 5.82 Å². The van der Waals surface area contributed by atoms with Crippen LogP contribution in [-0.2, 0) is 13.0 Å². The van der Waals surface area contributed by atoms with E-state index in [9.17, 15) is 4.79 Å². The van der Waals surface area contributed by atoms with E-state index in [1.807, 2.05) is 17.0 Å². The van der Waals surface area contributed by atoms with Crippen LogP contribution in [-0.4, -0.2) is 32.2 Å². The second kappa shape index (κ2) is 7.04. The summed E-state index contributed by atoms with van der Waals surface area (Å²) in [5.74, 6) is 2.00. The zero-order chi connectivity index (χ0) is 17.2. The van der Waals surface area contributed by atoms with Gasteiger partial charge in [0.1, 0.15) is 5.82 Å². The van der Waals surface area contributed by atoms with Gasteiger partial charge in [0.2, 0.25) is 0 Å². The van der Waals surface area contributed by atoms with Crippen LogP contribution in [0.5, 0.6) is 0 Å². The molecule has 25 heavy (non-hydrogen) atoms. The molecule has 0 saturated carbocycles. The van der Waals surface area contributed by atoms with Crippen LogP contribution in [0, 0.1) is 0 Å². The van der Waals surface area contributed by atoms with Crippen LogP contribution in [0.2, 0.25) is 5.02 Å². The molecule has 2 amide bonds. The van der Waals surface area contributed by atoms with Gasteiger partial charge in [-0.3, -0.25) is 0 Å². The Bertz CT molecular complexity index is 775. The van der Waals surface area contributed by atoms with Gasteiger partial charge in [0.05, 0.1) is 6.04 Å². The minimum absolute atomic E-state index is 0.00136. The monoisotopic (exact) mass is 359 g/mol. The van der Waals surface area contributed by atoms with Gasteiger partial charge in [0.25, 0.3) is 0 Å². The van der Waals surface area contributed by atoms with Crippen molar-refractivity contribution in [2.75, 3.05) is 11.9 Å². The molecule has 1 N–H and O–H groups in total. The van der Waals surface area contributed by atoms with Gasteiger partial charge >= 0.3 is 6.03 Å². The van der Waals surface area contributed by atoms with Crippen LogP contribution in [0.15, 0.2) is 24.3 Å². The van der Waals surface area contributed by atoms with Gasteiger partial charge in [-0.25, -0.2) is 4.79 Å². The highest BCUT2D eigenvalue weighted by molar-refractivity contribution is 6.30. The van der Waals surface area contributed by atoms with Crippen molar-refractivity contribution < 1.29 is 4.79 Å². The number of fused-ring (bicyclic) bond motifs is 1. The Hall–Kier alpha value is -2.08. The highest BCUT2D eigenvalue weighted by atomic mass is 35.5. The minimum atomic E-state index is -0.101. The molecule has 0 aliphatic carbocycles. The number of anilines is 1. The molecule has 1 aromatic heterocycles. The highest BCUT2D eigenvalue weighted by Crippen LogP contribution is 2.33. The van der Waals surface area contributed by atoms with E-state index in [0.717, 1.165) is 50.4 Å². The van der Waals surface area contributed by atoms with Gasteiger partial charge in [-0.15, -0.1) is 10.2 Å². The van der Waals surface area contributed by atoms with E-state index in [-0.39, 0.29) is 12.1 Å². The third kappa shape index (κ3) is 3.35. The number of halogens is 1. The maximum atomic E-state index is 12.8. The number of urea groups is 1. The fraction of sp³-hybridized carbons (Fsp3) is 0.500. The summed E-state index contributed by atoms with van der Waals surface area (Å²) in [6.45, 7) is 1.69. The molecule has 0 bridgehead atoms. The van der Waals surface area contributed by atoms with Crippen LogP contribution in [0.3, 0.4) is 0 Å². The number of amides is 2. The fourth-order valence-corrected chi connectivity index (χ4v) is 3.98. The summed E-state index contributed by atoms with van der Waals surface area (Å²) in [5.41, 5.74) is 0.711. The average Bonchev–Trinajstić information content (AvgIpc) is 3.16. The number of likely N-dealkylation sites (tertiary alicyclic amines) is 1. The first-order chi connectivity index (χ1) is 12.2. The number of aryl methyl sites for hydroxylation is 1. The number of carbonyl (C=O) groups is 1. The SMILES string of the molecule is O=C(Nc1cccc(Cl)c1)N1CCCC1c1nnc2n1CCCCC2. The van der Waals surface area contributed by atoms with Crippen molar-refractivity contribution in [3.05, 3.63) is 40.9 Å². The second-order valence-corrected chi connectivity index (χ2v) is 7.17. The van der Waals surface area contributed by atoms with E-state index < -0.39 is 0 Å². The topological polar surface area (TPSA) is 63.1 Å². The molecule has 1 saturated heterocycles. The third-order valence-electron chi connectivity index (χ3n) is 5.03. The second-order valence-electron chi connectivity index (χ2n) is 6.73. The highest BCUT2D eigenvalue weighted by Gasteiger charge is 2.34. The molecule has 3 heterocycles. The number of aromatic nitrogens is 3. The Balaban J connectivity index is 1.54. The summed E-state index contributed by atoms with van der Waals surface area (Å²) in [6, 6.07) is 7.12. The first-order valence-corrected chi connectivity index (χ1v) is 9.35. The van der Waals surface area contributed by atoms with Gasteiger partial charge in [-0.2, -0.15) is 0 Å². The molecular formula is C18H22ClN5O. The Labute approximate surface area is 152 Å². The lowest BCUT2D eigenvalue weighted by molar-refractivity contribution is 0.203. The smallest absolute Gasteiger partial charge is 0.314 e. The zero-order valence-corrected chi connectivity index (χ0v) is 14.9. The largest absolute Gasteiger partial charge is 0.322 e. The van der Waals surface area contributed by atoms with Crippen molar-refractivity contribution in [2.24, 2.45) is 0 Å². The summed E-state index contributed by atoms with van der Waals surface area (Å²) in [4.78, 5) is 14.7. The Morgan fingerprint density at radius 1 is 1.16 bits per heavy atom. The van der Waals surface area contributed by atoms with Crippen LogP contribution in [0.1, 0.15) is 49.8 Å². The number of rotatable bonds is 2. The minimum Gasteiger partial charge on any atom is -0.314 e. The predicted octanol–water partition coefficient (Wildman–Crippen LogP) is 4.03. The van der Waals surface area contributed by atoms with Gasteiger partial charge < -0.3 is 14.8 Å². The Morgan fingerprint density at radius 3 is 2.96 bits per heavy atom. The summed E-state index contributed by atoms with van der Waals surface area (Å²) in [5, 5.41) is 12.4. The van der Waals surface area contributed by atoms with Crippen molar-refractivity contribution in [1.82, 2.24) is 19.7 Å². The van der Waals surface area contributed by atoms with Crippen molar-refractivity contribution in [3.8, 4) is 0 Å². The van der Waals surface area contributed by atoms with E-state index in [1.165, 1.54) is 12.8 Å².